The fourth-order valence-electron chi connectivity index (χ4n) is 1.71. The first kappa shape index (κ1) is 14.3. The van der Waals surface area contributed by atoms with Gasteiger partial charge in [0.2, 0.25) is 0 Å². The van der Waals surface area contributed by atoms with Crippen molar-refractivity contribution in [3.8, 4) is 17.5 Å². The quantitative estimate of drug-likeness (QED) is 0.739. The van der Waals surface area contributed by atoms with Crippen LogP contribution in [-0.4, -0.2) is 9.78 Å². The Morgan fingerprint density at radius 1 is 1.14 bits per heavy atom. The number of rotatable bonds is 3. The van der Waals surface area contributed by atoms with Crippen LogP contribution in [0.25, 0.3) is 5.69 Å². The van der Waals surface area contributed by atoms with E-state index < -0.39 is 23.5 Å². The predicted octanol–water partition coefficient (Wildman–Crippen LogP) is 3.55. The van der Waals surface area contributed by atoms with Crippen molar-refractivity contribution in [1.29, 1.82) is 0 Å². The molecule has 5 nitrogen and oxygen atoms in total. The Hall–Kier alpha value is -2.67. The summed E-state index contributed by atoms with van der Waals surface area (Å²) in [7, 11) is 0. The molecule has 0 N–H and O–H groups in total. The molecule has 8 heteroatoms. The van der Waals surface area contributed by atoms with Gasteiger partial charge in [-0.2, -0.15) is 4.68 Å². The van der Waals surface area contributed by atoms with Crippen molar-refractivity contribution in [3.05, 3.63) is 69.7 Å². The molecule has 0 radical (unpaired) electrons. The van der Waals surface area contributed by atoms with Crippen LogP contribution in [0, 0.1) is 11.6 Å². The molecule has 3 rings (SSSR count). The summed E-state index contributed by atoms with van der Waals surface area (Å²) < 4.78 is 37.4. The lowest BCUT2D eigenvalue weighted by molar-refractivity contribution is 0.320. The third kappa shape index (κ3) is 2.84. The molecule has 0 amide bonds. The van der Waals surface area contributed by atoms with Crippen LogP contribution in [0.4, 0.5) is 8.78 Å². The molecule has 1 heterocycles. The first-order valence-electron chi connectivity index (χ1n) is 6.02. The van der Waals surface area contributed by atoms with Crippen LogP contribution < -0.4 is 10.5 Å². The third-order valence-corrected chi connectivity index (χ3v) is 2.94. The number of nitrogens with zero attached hydrogens (tertiary/aromatic N) is 2. The molecule has 0 spiro atoms. The summed E-state index contributed by atoms with van der Waals surface area (Å²) in [5.41, 5.74) is -0.375. The van der Waals surface area contributed by atoms with Crippen LogP contribution in [0.3, 0.4) is 0 Å². The molecular formula is C14H7ClF2N2O3. The van der Waals surface area contributed by atoms with Gasteiger partial charge in [-0.05, 0) is 36.4 Å². The first-order valence-corrected chi connectivity index (χ1v) is 6.40. The lowest BCUT2D eigenvalue weighted by atomic mass is 10.3. The molecule has 0 saturated carbocycles. The van der Waals surface area contributed by atoms with E-state index in [1.807, 2.05) is 0 Å². The largest absolute Gasteiger partial charge is 0.444 e. The fraction of sp³-hybridized carbons (Fsp3) is 0. The third-order valence-electron chi connectivity index (χ3n) is 2.68. The second-order valence-corrected chi connectivity index (χ2v) is 4.63. The van der Waals surface area contributed by atoms with Crippen LogP contribution >= 0.6 is 11.6 Å². The van der Waals surface area contributed by atoms with Crippen LogP contribution in [0.1, 0.15) is 0 Å². The molecule has 1 aromatic heterocycles. The Morgan fingerprint density at radius 3 is 2.59 bits per heavy atom. The summed E-state index contributed by atoms with van der Waals surface area (Å²) in [5.74, 6) is -2.23. The van der Waals surface area contributed by atoms with E-state index >= 15 is 0 Å². The fourth-order valence-corrected chi connectivity index (χ4v) is 1.83. The van der Waals surface area contributed by atoms with Crippen molar-refractivity contribution in [2.45, 2.75) is 0 Å². The molecule has 0 bridgehead atoms. The zero-order valence-electron chi connectivity index (χ0n) is 10.8. The van der Waals surface area contributed by atoms with Gasteiger partial charge in [-0.25, -0.2) is 13.6 Å². The van der Waals surface area contributed by atoms with Gasteiger partial charge >= 0.3 is 11.8 Å². The molecular weight excluding hydrogens is 318 g/mol. The zero-order valence-corrected chi connectivity index (χ0v) is 11.6. The minimum atomic E-state index is -1.01. The number of halogens is 3. The number of aromatic nitrogens is 2. The lowest BCUT2D eigenvalue weighted by Gasteiger charge is -2.00. The molecule has 0 fully saturated rings. The SMILES string of the molecule is O=c1oc(Oc2ccc(Cl)cc2)nn1-c1cc(F)ccc1F. The maximum absolute atomic E-state index is 13.7. The van der Waals surface area contributed by atoms with Crippen LogP contribution in [0.5, 0.6) is 11.8 Å². The number of hydrogen-bond acceptors (Lipinski definition) is 4. The van der Waals surface area contributed by atoms with Gasteiger partial charge < -0.3 is 9.15 Å². The molecule has 0 unspecified atom stereocenters. The van der Waals surface area contributed by atoms with Gasteiger partial charge in [0.1, 0.15) is 23.1 Å². The van der Waals surface area contributed by atoms with E-state index in [9.17, 15) is 13.6 Å². The highest BCUT2D eigenvalue weighted by molar-refractivity contribution is 6.30. The standard InChI is InChI=1S/C14H7ClF2N2O3/c15-8-1-4-10(5-2-8)21-13-18-19(14(20)22-13)12-7-9(16)3-6-11(12)17/h1-7H. The minimum absolute atomic E-state index is 0.317. The topological polar surface area (TPSA) is 57.3 Å². The Bertz CT molecular complexity index is 875. The molecule has 3 aromatic rings. The Kier molecular flexibility index (Phi) is 3.64. The monoisotopic (exact) mass is 324 g/mol. The van der Waals surface area contributed by atoms with Gasteiger partial charge in [0, 0.05) is 11.1 Å². The number of ether oxygens (including phenoxy) is 1. The van der Waals surface area contributed by atoms with Gasteiger partial charge in [-0.3, -0.25) is 0 Å². The first-order chi connectivity index (χ1) is 10.5. The second kappa shape index (κ2) is 5.61. The van der Waals surface area contributed by atoms with E-state index in [4.69, 9.17) is 20.8 Å². The Balaban J connectivity index is 1.95. The van der Waals surface area contributed by atoms with Crippen molar-refractivity contribution < 1.29 is 17.9 Å². The van der Waals surface area contributed by atoms with Crippen molar-refractivity contribution in [2.75, 3.05) is 0 Å². The maximum atomic E-state index is 13.7. The molecule has 0 aliphatic rings. The summed E-state index contributed by atoms with van der Waals surface area (Å²) in [6, 6.07) is 8.83. The van der Waals surface area contributed by atoms with E-state index in [1.165, 1.54) is 12.1 Å². The van der Waals surface area contributed by atoms with E-state index in [0.717, 1.165) is 18.2 Å². The Morgan fingerprint density at radius 2 is 1.86 bits per heavy atom. The van der Waals surface area contributed by atoms with Crippen molar-refractivity contribution in [3.63, 3.8) is 0 Å². The van der Waals surface area contributed by atoms with E-state index in [-0.39, 0.29) is 5.69 Å². The molecule has 0 atom stereocenters. The molecule has 22 heavy (non-hydrogen) atoms. The van der Waals surface area contributed by atoms with Gasteiger partial charge in [-0.1, -0.05) is 16.7 Å². The van der Waals surface area contributed by atoms with Crippen LogP contribution in [0.15, 0.2) is 51.7 Å². The summed E-state index contributed by atoms with van der Waals surface area (Å²) in [4.78, 5) is 11.7. The van der Waals surface area contributed by atoms with Gasteiger partial charge in [0.05, 0.1) is 0 Å². The number of hydrogen-bond donors (Lipinski definition) is 0. The summed E-state index contributed by atoms with van der Waals surface area (Å²) in [6.07, 6.45) is -0.406. The van der Waals surface area contributed by atoms with Crippen molar-refractivity contribution in [1.82, 2.24) is 9.78 Å². The summed E-state index contributed by atoms with van der Waals surface area (Å²) in [6.45, 7) is 0. The number of benzene rings is 2. The second-order valence-electron chi connectivity index (χ2n) is 4.20. The van der Waals surface area contributed by atoms with E-state index in [0.29, 0.717) is 15.5 Å². The van der Waals surface area contributed by atoms with E-state index in [1.54, 1.807) is 12.1 Å². The normalized spacial score (nSPS) is 10.7. The van der Waals surface area contributed by atoms with Gasteiger partial charge in [0.25, 0.3) is 0 Å². The highest BCUT2D eigenvalue weighted by Crippen LogP contribution is 2.21. The lowest BCUT2D eigenvalue weighted by Crippen LogP contribution is -2.15. The highest BCUT2D eigenvalue weighted by atomic mass is 35.5. The van der Waals surface area contributed by atoms with Gasteiger partial charge in [-0.15, -0.1) is 0 Å². The average molecular weight is 325 g/mol. The van der Waals surface area contributed by atoms with Crippen molar-refractivity contribution in [2.24, 2.45) is 0 Å². The molecule has 2 aromatic carbocycles. The highest BCUT2D eigenvalue weighted by Gasteiger charge is 2.15. The molecule has 0 aliphatic heterocycles. The van der Waals surface area contributed by atoms with Crippen LogP contribution in [0.2, 0.25) is 5.02 Å². The summed E-state index contributed by atoms with van der Waals surface area (Å²) in [5, 5.41) is 4.18. The van der Waals surface area contributed by atoms with Gasteiger partial charge in [0.15, 0.2) is 0 Å². The predicted molar refractivity (Wildman–Crippen MR) is 73.5 cm³/mol. The Labute approximate surface area is 127 Å². The molecule has 0 aliphatic carbocycles. The van der Waals surface area contributed by atoms with Crippen LogP contribution in [-0.2, 0) is 0 Å². The molecule has 112 valence electrons. The average Bonchev–Trinajstić information content (AvgIpc) is 2.84. The maximum Gasteiger partial charge on any atom is 0.444 e. The minimum Gasteiger partial charge on any atom is -0.410 e. The smallest absolute Gasteiger partial charge is 0.410 e. The van der Waals surface area contributed by atoms with E-state index in [2.05, 4.69) is 5.10 Å². The van der Waals surface area contributed by atoms with Crippen molar-refractivity contribution >= 4 is 11.6 Å². The molecule has 0 saturated heterocycles. The zero-order chi connectivity index (χ0) is 15.7. The summed E-state index contributed by atoms with van der Waals surface area (Å²) >= 11 is 5.73.